The van der Waals surface area contributed by atoms with E-state index in [0.29, 0.717) is 6.54 Å². The Labute approximate surface area is 95.9 Å². The summed E-state index contributed by atoms with van der Waals surface area (Å²) in [6.07, 6.45) is 4.16. The van der Waals surface area contributed by atoms with Gasteiger partial charge in [-0.2, -0.15) is 0 Å². The van der Waals surface area contributed by atoms with Crippen molar-refractivity contribution in [2.24, 2.45) is 0 Å². The zero-order chi connectivity index (χ0) is 11.9. The van der Waals surface area contributed by atoms with Crippen molar-refractivity contribution in [3.8, 4) is 0 Å². The zero-order valence-corrected chi connectivity index (χ0v) is 10.2. The fourth-order valence-electron chi connectivity index (χ4n) is 1.15. The van der Waals surface area contributed by atoms with Crippen LogP contribution in [0.4, 0.5) is 0 Å². The van der Waals surface area contributed by atoms with Gasteiger partial charge in [0.25, 0.3) is 0 Å². The fourth-order valence-corrected chi connectivity index (χ4v) is 1.81. The first-order valence-corrected chi connectivity index (χ1v) is 6.94. The van der Waals surface area contributed by atoms with Crippen LogP contribution in [-0.4, -0.2) is 37.2 Å². The average Bonchev–Trinajstić information content (AvgIpc) is 2.76. The van der Waals surface area contributed by atoms with E-state index in [4.69, 9.17) is 0 Å². The van der Waals surface area contributed by atoms with Crippen LogP contribution >= 0.6 is 0 Å². The third-order valence-electron chi connectivity index (χ3n) is 2.10. The van der Waals surface area contributed by atoms with Crippen molar-refractivity contribution >= 4 is 10.0 Å². The van der Waals surface area contributed by atoms with Crippen LogP contribution in [0.2, 0.25) is 0 Å². The molecule has 1 rings (SSSR count). The number of sulfonamides is 1. The first-order valence-electron chi connectivity index (χ1n) is 5.29. The highest BCUT2D eigenvalue weighted by molar-refractivity contribution is 7.89. The molecule has 0 aromatic carbocycles. The summed E-state index contributed by atoms with van der Waals surface area (Å²) in [5, 5.41) is 3.19. The van der Waals surface area contributed by atoms with Crippen molar-refractivity contribution in [3.05, 3.63) is 18.2 Å². The van der Waals surface area contributed by atoms with Crippen molar-refractivity contribution in [1.29, 1.82) is 0 Å². The molecule has 1 aromatic heterocycles. The van der Waals surface area contributed by atoms with Gasteiger partial charge < -0.3 is 10.3 Å². The summed E-state index contributed by atoms with van der Waals surface area (Å²) in [5.41, 5.74) is 1.02. The molecule has 0 aliphatic rings. The lowest BCUT2D eigenvalue weighted by atomic mass is 10.4. The molecule has 0 atom stereocenters. The molecule has 0 amide bonds. The molecule has 0 spiro atoms. The van der Waals surface area contributed by atoms with E-state index in [2.05, 4.69) is 20.0 Å². The second-order valence-electron chi connectivity index (χ2n) is 3.40. The number of nitrogens with one attached hydrogen (secondary N) is 3. The monoisotopic (exact) mass is 246 g/mol. The van der Waals surface area contributed by atoms with Gasteiger partial charge in [0.1, 0.15) is 0 Å². The number of rotatable bonds is 8. The Morgan fingerprint density at radius 1 is 1.44 bits per heavy atom. The molecule has 0 bridgehead atoms. The Bertz CT molecular complexity index is 374. The maximum absolute atomic E-state index is 11.1. The normalized spacial score (nSPS) is 11.8. The van der Waals surface area contributed by atoms with Crippen LogP contribution in [0.3, 0.4) is 0 Å². The second kappa shape index (κ2) is 6.62. The molecule has 0 unspecified atom stereocenters. The average molecular weight is 246 g/mol. The van der Waals surface area contributed by atoms with E-state index >= 15 is 0 Å². The number of nitrogens with zero attached hydrogens (tertiary/aromatic N) is 1. The lowest BCUT2D eigenvalue weighted by molar-refractivity contribution is 0.574. The van der Waals surface area contributed by atoms with Gasteiger partial charge >= 0.3 is 0 Å². The van der Waals surface area contributed by atoms with Crippen molar-refractivity contribution in [1.82, 2.24) is 20.0 Å². The van der Waals surface area contributed by atoms with E-state index in [9.17, 15) is 8.42 Å². The summed E-state index contributed by atoms with van der Waals surface area (Å²) in [6, 6.07) is 0. The lowest BCUT2D eigenvalue weighted by Crippen LogP contribution is -2.28. The Hall–Kier alpha value is -0.920. The summed E-state index contributed by atoms with van der Waals surface area (Å²) < 4.78 is 24.7. The smallest absolute Gasteiger partial charge is 0.211 e. The van der Waals surface area contributed by atoms with E-state index in [1.165, 1.54) is 0 Å². The number of imidazole rings is 1. The van der Waals surface area contributed by atoms with Crippen molar-refractivity contribution in [2.75, 3.05) is 18.8 Å². The van der Waals surface area contributed by atoms with Crippen molar-refractivity contribution in [3.63, 3.8) is 0 Å². The van der Waals surface area contributed by atoms with E-state index in [1.807, 2.05) is 0 Å². The summed E-state index contributed by atoms with van der Waals surface area (Å²) >= 11 is 0. The third-order valence-corrected chi connectivity index (χ3v) is 3.51. The molecule has 0 radical (unpaired) electrons. The topological polar surface area (TPSA) is 86.9 Å². The molecular weight excluding hydrogens is 228 g/mol. The molecule has 92 valence electrons. The molecule has 7 heteroatoms. The van der Waals surface area contributed by atoms with Crippen molar-refractivity contribution < 1.29 is 8.42 Å². The van der Waals surface area contributed by atoms with Gasteiger partial charge in [-0.1, -0.05) is 0 Å². The highest BCUT2D eigenvalue weighted by atomic mass is 32.2. The number of aromatic nitrogens is 2. The largest absolute Gasteiger partial charge is 0.347 e. The van der Waals surface area contributed by atoms with Gasteiger partial charge in [0.2, 0.25) is 10.0 Å². The van der Waals surface area contributed by atoms with Gasteiger partial charge in [0, 0.05) is 25.0 Å². The van der Waals surface area contributed by atoms with Gasteiger partial charge in [0.15, 0.2) is 0 Å². The van der Waals surface area contributed by atoms with Gasteiger partial charge in [-0.3, -0.25) is 0 Å². The summed E-state index contributed by atoms with van der Waals surface area (Å²) in [6.45, 7) is 3.59. The van der Waals surface area contributed by atoms with E-state index in [0.717, 1.165) is 25.2 Å². The highest BCUT2D eigenvalue weighted by Crippen LogP contribution is 1.89. The van der Waals surface area contributed by atoms with Crippen LogP contribution in [0.15, 0.2) is 12.5 Å². The first kappa shape index (κ1) is 13.1. The van der Waals surface area contributed by atoms with Crippen LogP contribution < -0.4 is 10.0 Å². The number of hydrogen-bond acceptors (Lipinski definition) is 4. The highest BCUT2D eigenvalue weighted by Gasteiger charge is 2.03. The molecule has 0 aliphatic heterocycles. The Kier molecular flexibility index (Phi) is 5.44. The lowest BCUT2D eigenvalue weighted by Gasteiger charge is -2.05. The zero-order valence-electron chi connectivity index (χ0n) is 9.36. The van der Waals surface area contributed by atoms with Crippen LogP contribution in [0.5, 0.6) is 0 Å². The van der Waals surface area contributed by atoms with Gasteiger partial charge in [-0.25, -0.2) is 18.1 Å². The second-order valence-corrected chi connectivity index (χ2v) is 5.50. The Morgan fingerprint density at radius 2 is 2.25 bits per heavy atom. The van der Waals surface area contributed by atoms with E-state index < -0.39 is 10.0 Å². The molecule has 6 nitrogen and oxygen atoms in total. The van der Waals surface area contributed by atoms with Gasteiger partial charge in [0.05, 0.1) is 12.1 Å². The van der Waals surface area contributed by atoms with Gasteiger partial charge in [-0.15, -0.1) is 0 Å². The summed E-state index contributed by atoms with van der Waals surface area (Å²) in [4.78, 5) is 6.87. The molecule has 1 heterocycles. The third kappa shape index (κ3) is 5.24. The summed E-state index contributed by atoms with van der Waals surface area (Å²) in [5.74, 6) is 0.134. The predicted molar refractivity (Wildman–Crippen MR) is 62.4 cm³/mol. The van der Waals surface area contributed by atoms with Crippen molar-refractivity contribution in [2.45, 2.75) is 19.9 Å². The molecule has 3 N–H and O–H groups in total. The molecule has 16 heavy (non-hydrogen) atoms. The van der Waals surface area contributed by atoms with Gasteiger partial charge in [-0.05, 0) is 19.9 Å². The van der Waals surface area contributed by atoms with Crippen LogP contribution in [0.25, 0.3) is 0 Å². The minimum absolute atomic E-state index is 0.134. The van der Waals surface area contributed by atoms with E-state index in [-0.39, 0.29) is 5.75 Å². The number of aromatic amines is 1. The molecular formula is C9H18N4O2S. The fraction of sp³-hybridized carbons (Fsp3) is 0.667. The molecule has 0 aliphatic carbocycles. The number of hydrogen-bond donors (Lipinski definition) is 3. The van der Waals surface area contributed by atoms with Crippen LogP contribution in [0, 0.1) is 0 Å². The SMILES string of the molecule is CCS(=O)(=O)NCCCNCc1cnc[nH]1. The molecule has 1 aromatic rings. The maximum atomic E-state index is 11.1. The standard InChI is InChI=1S/C9H18N4O2S/c1-2-16(14,15)13-5-3-4-10-6-9-7-11-8-12-9/h7-8,10,13H,2-6H2,1H3,(H,11,12). The molecule has 0 fully saturated rings. The number of H-pyrrole nitrogens is 1. The van der Waals surface area contributed by atoms with Crippen LogP contribution in [-0.2, 0) is 16.6 Å². The first-order chi connectivity index (χ1) is 7.64. The molecule has 0 saturated heterocycles. The molecule has 0 saturated carbocycles. The quantitative estimate of drug-likeness (QED) is 0.556. The minimum Gasteiger partial charge on any atom is -0.347 e. The van der Waals surface area contributed by atoms with E-state index in [1.54, 1.807) is 19.4 Å². The minimum atomic E-state index is -3.04. The Balaban J connectivity index is 2.01. The van der Waals surface area contributed by atoms with Crippen LogP contribution in [0.1, 0.15) is 19.0 Å². The summed E-state index contributed by atoms with van der Waals surface area (Å²) in [7, 11) is -3.04. The predicted octanol–water partition coefficient (Wildman–Crippen LogP) is -0.171. The Morgan fingerprint density at radius 3 is 2.88 bits per heavy atom. The maximum Gasteiger partial charge on any atom is 0.211 e.